The predicted molar refractivity (Wildman–Crippen MR) is 54.3 cm³/mol. The van der Waals surface area contributed by atoms with E-state index in [1.807, 2.05) is 0 Å². The van der Waals surface area contributed by atoms with E-state index >= 15 is 0 Å². The van der Waals surface area contributed by atoms with E-state index < -0.39 is 24.6 Å². The number of aliphatic hydroxyl groups excluding tert-OH is 3. The Labute approximate surface area is 94.3 Å². The Bertz CT molecular complexity index is 221. The average Bonchev–Trinajstić information content (AvgIpc) is 2.31. The van der Waals surface area contributed by atoms with Crippen molar-refractivity contribution in [1.29, 1.82) is 0 Å². The first-order chi connectivity index (χ1) is 7.68. The molecule has 6 heteroatoms. The van der Waals surface area contributed by atoms with Crippen molar-refractivity contribution >= 4 is 0 Å². The van der Waals surface area contributed by atoms with Crippen molar-refractivity contribution in [2.24, 2.45) is 0 Å². The van der Waals surface area contributed by atoms with Gasteiger partial charge in [-0.3, -0.25) is 4.84 Å². The SMILES string of the molecule is O[C@@H]1[C@@H](O)[C@H](ON2CCCCC2)OC[C@H]1O. The molecule has 2 rings (SSSR count). The lowest BCUT2D eigenvalue weighted by molar-refractivity contribution is -0.345. The van der Waals surface area contributed by atoms with E-state index in [2.05, 4.69) is 0 Å². The number of piperidine rings is 1. The van der Waals surface area contributed by atoms with Gasteiger partial charge in [0.25, 0.3) is 0 Å². The van der Waals surface area contributed by atoms with Crippen LogP contribution in [0.15, 0.2) is 0 Å². The molecule has 0 amide bonds. The first-order valence-corrected chi connectivity index (χ1v) is 5.76. The molecule has 0 radical (unpaired) electrons. The molecule has 16 heavy (non-hydrogen) atoms. The molecule has 0 aromatic heterocycles. The van der Waals surface area contributed by atoms with E-state index in [9.17, 15) is 15.3 Å². The van der Waals surface area contributed by atoms with Crippen molar-refractivity contribution in [2.75, 3.05) is 19.7 Å². The third kappa shape index (κ3) is 2.71. The molecule has 2 aliphatic heterocycles. The molecule has 2 aliphatic rings. The molecular formula is C10H19NO5. The van der Waals surface area contributed by atoms with Gasteiger partial charge >= 0.3 is 0 Å². The van der Waals surface area contributed by atoms with Crippen LogP contribution in [0, 0.1) is 0 Å². The normalized spacial score (nSPS) is 42.2. The van der Waals surface area contributed by atoms with Crippen LogP contribution in [0.5, 0.6) is 0 Å². The van der Waals surface area contributed by atoms with E-state index in [-0.39, 0.29) is 6.61 Å². The standard InChI is InChI=1S/C10H19NO5/c12-7-6-15-10(9(14)8(7)13)16-11-4-2-1-3-5-11/h7-10,12-14H,1-6H2/t7-,8+,9-,10+/m1/s1. The summed E-state index contributed by atoms with van der Waals surface area (Å²) in [6.45, 7) is 1.60. The molecule has 0 bridgehead atoms. The van der Waals surface area contributed by atoms with Crippen LogP contribution < -0.4 is 0 Å². The second kappa shape index (κ2) is 5.39. The zero-order chi connectivity index (χ0) is 11.5. The first kappa shape index (κ1) is 12.2. The molecular weight excluding hydrogens is 214 g/mol. The predicted octanol–water partition coefficient (Wildman–Crippen LogP) is -1.16. The van der Waals surface area contributed by atoms with Crippen molar-refractivity contribution in [3.05, 3.63) is 0 Å². The summed E-state index contributed by atoms with van der Waals surface area (Å²) in [5, 5.41) is 30.1. The summed E-state index contributed by atoms with van der Waals surface area (Å²) < 4.78 is 5.15. The summed E-state index contributed by atoms with van der Waals surface area (Å²) in [5.41, 5.74) is 0. The monoisotopic (exact) mass is 233 g/mol. The van der Waals surface area contributed by atoms with Crippen LogP contribution in [-0.2, 0) is 9.57 Å². The lowest BCUT2D eigenvalue weighted by Gasteiger charge is -2.38. The van der Waals surface area contributed by atoms with Gasteiger partial charge in [-0.2, -0.15) is 5.06 Å². The lowest BCUT2D eigenvalue weighted by atomic mass is 10.1. The third-order valence-corrected chi connectivity index (χ3v) is 3.02. The Morgan fingerprint density at radius 2 is 1.69 bits per heavy atom. The summed E-state index contributed by atoms with van der Waals surface area (Å²) in [6.07, 6.45) is -1.01. The number of ether oxygens (including phenoxy) is 1. The van der Waals surface area contributed by atoms with E-state index in [1.54, 1.807) is 5.06 Å². The van der Waals surface area contributed by atoms with Crippen LogP contribution in [0.4, 0.5) is 0 Å². The highest BCUT2D eigenvalue weighted by Gasteiger charge is 2.39. The Morgan fingerprint density at radius 1 is 1.00 bits per heavy atom. The fourth-order valence-corrected chi connectivity index (χ4v) is 1.99. The van der Waals surface area contributed by atoms with Gasteiger partial charge in [0, 0.05) is 13.1 Å². The van der Waals surface area contributed by atoms with Crippen LogP contribution >= 0.6 is 0 Å². The number of aliphatic hydroxyl groups is 3. The fraction of sp³-hybridized carbons (Fsp3) is 1.00. The minimum atomic E-state index is -1.21. The second-order valence-electron chi connectivity index (χ2n) is 4.35. The number of hydrogen-bond acceptors (Lipinski definition) is 6. The van der Waals surface area contributed by atoms with Crippen molar-refractivity contribution in [3.63, 3.8) is 0 Å². The van der Waals surface area contributed by atoms with E-state index in [1.165, 1.54) is 6.42 Å². The summed E-state index contributed by atoms with van der Waals surface area (Å²) >= 11 is 0. The largest absolute Gasteiger partial charge is 0.388 e. The average molecular weight is 233 g/mol. The van der Waals surface area contributed by atoms with E-state index in [4.69, 9.17) is 9.57 Å². The fourth-order valence-electron chi connectivity index (χ4n) is 1.99. The smallest absolute Gasteiger partial charge is 0.206 e. The Morgan fingerprint density at radius 3 is 2.38 bits per heavy atom. The van der Waals surface area contributed by atoms with Gasteiger partial charge in [0.05, 0.1) is 6.61 Å². The summed E-state index contributed by atoms with van der Waals surface area (Å²) in [5.74, 6) is 0. The summed E-state index contributed by atoms with van der Waals surface area (Å²) in [6, 6.07) is 0. The van der Waals surface area contributed by atoms with Crippen LogP contribution in [-0.4, -0.2) is 64.7 Å². The Balaban J connectivity index is 1.84. The molecule has 0 saturated carbocycles. The summed E-state index contributed by atoms with van der Waals surface area (Å²) in [4.78, 5) is 5.45. The Kier molecular flexibility index (Phi) is 4.12. The van der Waals surface area contributed by atoms with Gasteiger partial charge in [-0.05, 0) is 12.8 Å². The van der Waals surface area contributed by atoms with Gasteiger partial charge in [0.2, 0.25) is 6.29 Å². The van der Waals surface area contributed by atoms with Gasteiger partial charge in [-0.15, -0.1) is 0 Å². The molecule has 0 aliphatic carbocycles. The van der Waals surface area contributed by atoms with Gasteiger partial charge in [0.15, 0.2) is 0 Å². The lowest BCUT2D eigenvalue weighted by Crippen LogP contribution is -2.55. The van der Waals surface area contributed by atoms with Crippen molar-refractivity contribution in [2.45, 2.75) is 43.9 Å². The van der Waals surface area contributed by atoms with Crippen molar-refractivity contribution in [3.8, 4) is 0 Å². The highest BCUT2D eigenvalue weighted by atomic mass is 16.8. The molecule has 94 valence electrons. The van der Waals surface area contributed by atoms with Crippen LogP contribution in [0.2, 0.25) is 0 Å². The third-order valence-electron chi connectivity index (χ3n) is 3.02. The molecule has 3 N–H and O–H groups in total. The van der Waals surface area contributed by atoms with Crippen molar-refractivity contribution < 1.29 is 24.9 Å². The highest BCUT2D eigenvalue weighted by molar-refractivity contribution is 4.82. The number of nitrogens with zero attached hydrogens (tertiary/aromatic N) is 1. The van der Waals surface area contributed by atoms with Crippen molar-refractivity contribution in [1.82, 2.24) is 5.06 Å². The number of hydroxylamine groups is 2. The molecule has 0 unspecified atom stereocenters. The Hall–Kier alpha value is -0.240. The second-order valence-corrected chi connectivity index (χ2v) is 4.35. The maximum absolute atomic E-state index is 9.65. The topological polar surface area (TPSA) is 82.4 Å². The maximum atomic E-state index is 9.65. The first-order valence-electron chi connectivity index (χ1n) is 5.76. The molecule has 0 aromatic rings. The van der Waals surface area contributed by atoms with Gasteiger partial charge in [-0.1, -0.05) is 6.42 Å². The minimum Gasteiger partial charge on any atom is -0.388 e. The quantitative estimate of drug-likeness (QED) is 0.558. The zero-order valence-corrected chi connectivity index (χ0v) is 9.16. The van der Waals surface area contributed by atoms with Crippen LogP contribution in [0.1, 0.15) is 19.3 Å². The highest BCUT2D eigenvalue weighted by Crippen LogP contribution is 2.19. The van der Waals surface area contributed by atoms with Gasteiger partial charge in [-0.25, -0.2) is 0 Å². The molecule has 2 heterocycles. The zero-order valence-electron chi connectivity index (χ0n) is 9.16. The van der Waals surface area contributed by atoms with E-state index in [0.717, 1.165) is 25.9 Å². The van der Waals surface area contributed by atoms with E-state index in [0.29, 0.717) is 0 Å². The van der Waals surface area contributed by atoms with Gasteiger partial charge < -0.3 is 20.1 Å². The number of rotatable bonds is 2. The molecule has 6 nitrogen and oxygen atoms in total. The van der Waals surface area contributed by atoms with Crippen LogP contribution in [0.25, 0.3) is 0 Å². The molecule has 4 atom stereocenters. The van der Waals surface area contributed by atoms with Gasteiger partial charge in [0.1, 0.15) is 18.3 Å². The number of hydrogen-bond donors (Lipinski definition) is 3. The molecule has 0 aromatic carbocycles. The molecule has 2 saturated heterocycles. The molecule has 0 spiro atoms. The summed E-state index contributed by atoms with van der Waals surface area (Å²) in [7, 11) is 0. The van der Waals surface area contributed by atoms with Crippen LogP contribution in [0.3, 0.4) is 0 Å². The maximum Gasteiger partial charge on any atom is 0.206 e. The molecule has 2 fully saturated rings. The minimum absolute atomic E-state index is 0.0171.